The Kier molecular flexibility index (Phi) is 2.85. The molecule has 1 aromatic heterocycles. The second kappa shape index (κ2) is 4.66. The zero-order chi connectivity index (χ0) is 13.2. The van der Waals surface area contributed by atoms with Gasteiger partial charge in [-0.3, -0.25) is 0 Å². The van der Waals surface area contributed by atoms with Gasteiger partial charge in [0.15, 0.2) is 5.11 Å². The minimum atomic E-state index is 0.231. The van der Waals surface area contributed by atoms with Gasteiger partial charge in [-0.25, -0.2) is 0 Å². The van der Waals surface area contributed by atoms with Crippen LogP contribution >= 0.6 is 12.2 Å². The third-order valence-electron chi connectivity index (χ3n) is 2.63. The lowest BCUT2D eigenvalue weighted by atomic mass is 10.3. The highest BCUT2D eigenvalue weighted by Gasteiger charge is 2.05. The molecule has 94 valence electrons. The van der Waals surface area contributed by atoms with Gasteiger partial charge in [-0.1, -0.05) is 18.2 Å². The molecule has 3 N–H and O–H groups in total. The Hall–Kier alpha value is -2.47. The summed E-state index contributed by atoms with van der Waals surface area (Å²) in [5.74, 6) is 0. The molecular weight excluding hydrogens is 258 g/mol. The van der Waals surface area contributed by atoms with E-state index in [9.17, 15) is 0 Å². The van der Waals surface area contributed by atoms with E-state index in [0.717, 1.165) is 22.4 Å². The van der Waals surface area contributed by atoms with Gasteiger partial charge in [0.2, 0.25) is 0 Å². The standard InChI is InChI=1S/C13H11N5S/c14-13(19)15-9-6-7-11-12(8-9)17-18(16-11)10-4-2-1-3-5-10/h1-8H,(H3,14,15,19). The highest BCUT2D eigenvalue weighted by molar-refractivity contribution is 7.80. The van der Waals surface area contributed by atoms with Crippen molar-refractivity contribution in [1.29, 1.82) is 0 Å². The van der Waals surface area contributed by atoms with Crippen LogP contribution in [0.25, 0.3) is 16.7 Å². The Morgan fingerprint density at radius 2 is 1.79 bits per heavy atom. The van der Waals surface area contributed by atoms with E-state index in [4.69, 9.17) is 18.0 Å². The molecule has 2 aromatic carbocycles. The quantitative estimate of drug-likeness (QED) is 0.697. The molecule has 19 heavy (non-hydrogen) atoms. The Morgan fingerprint density at radius 1 is 1.05 bits per heavy atom. The largest absolute Gasteiger partial charge is 0.376 e. The average Bonchev–Trinajstić information content (AvgIpc) is 2.82. The fraction of sp³-hybridized carbons (Fsp3) is 0. The molecule has 6 heteroatoms. The molecule has 3 rings (SSSR count). The van der Waals surface area contributed by atoms with Crippen LogP contribution in [0.3, 0.4) is 0 Å². The number of hydrogen-bond acceptors (Lipinski definition) is 3. The smallest absolute Gasteiger partial charge is 0.168 e. The van der Waals surface area contributed by atoms with E-state index < -0.39 is 0 Å². The second-order valence-electron chi connectivity index (χ2n) is 4.02. The molecule has 3 aromatic rings. The number of anilines is 1. The van der Waals surface area contributed by atoms with Gasteiger partial charge in [-0.15, -0.1) is 10.2 Å². The molecule has 0 aliphatic carbocycles. The molecule has 0 saturated heterocycles. The van der Waals surface area contributed by atoms with Gasteiger partial charge < -0.3 is 11.1 Å². The molecule has 0 amide bonds. The predicted octanol–water partition coefficient (Wildman–Crippen LogP) is 2.08. The minimum Gasteiger partial charge on any atom is -0.376 e. The first-order valence-electron chi connectivity index (χ1n) is 5.71. The highest BCUT2D eigenvalue weighted by Crippen LogP contribution is 2.17. The summed E-state index contributed by atoms with van der Waals surface area (Å²) in [5.41, 5.74) is 8.77. The zero-order valence-electron chi connectivity index (χ0n) is 9.95. The van der Waals surface area contributed by atoms with Gasteiger partial charge >= 0.3 is 0 Å². The lowest BCUT2D eigenvalue weighted by Gasteiger charge is -2.01. The number of thiocarbonyl (C=S) groups is 1. The number of rotatable bonds is 2. The van der Waals surface area contributed by atoms with Crippen LogP contribution in [-0.4, -0.2) is 20.1 Å². The van der Waals surface area contributed by atoms with Crippen LogP contribution in [0.2, 0.25) is 0 Å². The van der Waals surface area contributed by atoms with E-state index in [1.807, 2.05) is 48.5 Å². The lowest BCUT2D eigenvalue weighted by Crippen LogP contribution is -2.18. The molecular formula is C13H11N5S. The van der Waals surface area contributed by atoms with Crippen molar-refractivity contribution in [2.24, 2.45) is 5.73 Å². The third-order valence-corrected chi connectivity index (χ3v) is 2.74. The molecule has 0 aliphatic heterocycles. The Bertz CT molecular complexity index is 735. The van der Waals surface area contributed by atoms with E-state index in [-0.39, 0.29) is 5.11 Å². The van der Waals surface area contributed by atoms with E-state index in [0.29, 0.717) is 0 Å². The van der Waals surface area contributed by atoms with Crippen molar-refractivity contribution in [1.82, 2.24) is 15.0 Å². The Labute approximate surface area is 115 Å². The van der Waals surface area contributed by atoms with Crippen LogP contribution in [0.5, 0.6) is 0 Å². The Balaban J connectivity index is 2.04. The van der Waals surface area contributed by atoms with Crippen LogP contribution < -0.4 is 11.1 Å². The van der Waals surface area contributed by atoms with E-state index in [1.54, 1.807) is 4.80 Å². The molecule has 1 heterocycles. The normalized spacial score (nSPS) is 10.5. The number of nitrogens with one attached hydrogen (secondary N) is 1. The fourth-order valence-corrected chi connectivity index (χ4v) is 1.93. The molecule has 0 aliphatic rings. The number of nitrogens with two attached hydrogens (primary N) is 1. The molecule has 0 atom stereocenters. The molecule has 0 unspecified atom stereocenters. The molecule has 0 spiro atoms. The molecule has 0 radical (unpaired) electrons. The number of aromatic nitrogens is 3. The van der Waals surface area contributed by atoms with Gasteiger partial charge in [0.25, 0.3) is 0 Å². The number of fused-ring (bicyclic) bond motifs is 1. The number of nitrogens with zero attached hydrogens (tertiary/aromatic N) is 3. The number of hydrogen-bond donors (Lipinski definition) is 2. The van der Waals surface area contributed by atoms with Gasteiger partial charge in [-0.05, 0) is 42.5 Å². The molecule has 5 nitrogen and oxygen atoms in total. The number of benzene rings is 2. The van der Waals surface area contributed by atoms with Gasteiger partial charge in [0.05, 0.1) is 5.69 Å². The van der Waals surface area contributed by atoms with E-state index in [1.165, 1.54) is 0 Å². The lowest BCUT2D eigenvalue weighted by molar-refractivity contribution is 0.766. The Morgan fingerprint density at radius 3 is 2.53 bits per heavy atom. The van der Waals surface area contributed by atoms with Crippen molar-refractivity contribution < 1.29 is 0 Å². The maximum atomic E-state index is 5.44. The monoisotopic (exact) mass is 269 g/mol. The van der Waals surface area contributed by atoms with Crippen molar-refractivity contribution in [3.8, 4) is 5.69 Å². The summed E-state index contributed by atoms with van der Waals surface area (Å²) in [6.45, 7) is 0. The summed E-state index contributed by atoms with van der Waals surface area (Å²) in [4.78, 5) is 1.61. The first-order chi connectivity index (χ1) is 9.22. The van der Waals surface area contributed by atoms with Crippen molar-refractivity contribution in [3.63, 3.8) is 0 Å². The summed E-state index contributed by atoms with van der Waals surface area (Å²) in [6.07, 6.45) is 0. The van der Waals surface area contributed by atoms with Crippen LogP contribution in [0.4, 0.5) is 5.69 Å². The van der Waals surface area contributed by atoms with Crippen molar-refractivity contribution in [3.05, 3.63) is 48.5 Å². The maximum Gasteiger partial charge on any atom is 0.168 e. The minimum absolute atomic E-state index is 0.231. The topological polar surface area (TPSA) is 68.8 Å². The van der Waals surface area contributed by atoms with Crippen molar-refractivity contribution in [2.75, 3.05) is 5.32 Å². The van der Waals surface area contributed by atoms with E-state index in [2.05, 4.69) is 15.5 Å². The summed E-state index contributed by atoms with van der Waals surface area (Å²) in [6, 6.07) is 15.4. The van der Waals surface area contributed by atoms with Crippen LogP contribution in [0.1, 0.15) is 0 Å². The molecule has 0 fully saturated rings. The van der Waals surface area contributed by atoms with Crippen LogP contribution in [0, 0.1) is 0 Å². The maximum absolute atomic E-state index is 5.44. The first kappa shape index (κ1) is 11.6. The summed E-state index contributed by atoms with van der Waals surface area (Å²) in [5, 5.41) is 12.0. The molecule has 0 bridgehead atoms. The van der Waals surface area contributed by atoms with Crippen LogP contribution in [-0.2, 0) is 0 Å². The van der Waals surface area contributed by atoms with Gasteiger partial charge in [0.1, 0.15) is 11.0 Å². The molecule has 0 saturated carbocycles. The van der Waals surface area contributed by atoms with Crippen LogP contribution in [0.15, 0.2) is 48.5 Å². The van der Waals surface area contributed by atoms with E-state index >= 15 is 0 Å². The second-order valence-corrected chi connectivity index (χ2v) is 4.46. The SMILES string of the molecule is NC(=S)Nc1ccc2nn(-c3ccccc3)nc2c1. The summed E-state index contributed by atoms with van der Waals surface area (Å²) < 4.78 is 0. The predicted molar refractivity (Wildman–Crippen MR) is 79.3 cm³/mol. The highest BCUT2D eigenvalue weighted by atomic mass is 32.1. The zero-order valence-corrected chi connectivity index (χ0v) is 10.8. The van der Waals surface area contributed by atoms with Gasteiger partial charge in [0, 0.05) is 5.69 Å². The third kappa shape index (κ3) is 2.38. The fourth-order valence-electron chi connectivity index (χ4n) is 1.81. The van der Waals surface area contributed by atoms with Gasteiger partial charge in [-0.2, -0.15) is 4.80 Å². The summed E-state index contributed by atoms with van der Waals surface area (Å²) >= 11 is 4.81. The van der Waals surface area contributed by atoms with Crippen molar-refractivity contribution >= 4 is 34.1 Å². The average molecular weight is 269 g/mol. The number of para-hydroxylation sites is 1. The van der Waals surface area contributed by atoms with Crippen molar-refractivity contribution in [2.45, 2.75) is 0 Å². The summed E-state index contributed by atoms with van der Waals surface area (Å²) in [7, 11) is 0. The first-order valence-corrected chi connectivity index (χ1v) is 6.12.